The average Bonchev–Trinajstić information content (AvgIpc) is 3.02. The summed E-state index contributed by atoms with van der Waals surface area (Å²) in [5, 5.41) is 2.16. The van der Waals surface area contributed by atoms with Crippen LogP contribution >= 0.6 is 34.9 Å². The second-order valence-corrected chi connectivity index (χ2v) is 11.4. The lowest BCUT2D eigenvalue weighted by Gasteiger charge is -2.23. The van der Waals surface area contributed by atoms with Gasteiger partial charge < -0.3 is 4.74 Å². The van der Waals surface area contributed by atoms with Crippen molar-refractivity contribution < 1.29 is 4.74 Å². The van der Waals surface area contributed by atoms with E-state index in [9.17, 15) is 0 Å². The smallest absolute Gasteiger partial charge is 0.140 e. The average molecular weight is 404 g/mol. The summed E-state index contributed by atoms with van der Waals surface area (Å²) in [6, 6.07) is 16.7. The van der Waals surface area contributed by atoms with Gasteiger partial charge in [-0.3, -0.25) is 0 Å². The summed E-state index contributed by atoms with van der Waals surface area (Å²) in [6.45, 7) is 9.53. The number of aromatic nitrogens is 1. The molecule has 5 heteroatoms. The highest BCUT2D eigenvalue weighted by atomic mass is 32.2. The minimum absolute atomic E-state index is 0.376. The van der Waals surface area contributed by atoms with Crippen LogP contribution < -0.4 is 4.74 Å². The molecule has 0 radical (unpaired) electrons. The Hall–Kier alpha value is -1.17. The third kappa shape index (κ3) is 5.18. The van der Waals surface area contributed by atoms with Gasteiger partial charge in [0, 0.05) is 16.1 Å². The molecule has 3 rings (SSSR count). The first-order valence-electron chi connectivity index (χ1n) is 8.90. The molecule has 2 nitrogen and oxygen atoms in total. The number of nitrogens with zero attached hydrogens (tertiary/aromatic N) is 1. The van der Waals surface area contributed by atoms with E-state index in [1.54, 1.807) is 11.3 Å². The molecule has 0 aliphatic rings. The number of thiazole rings is 1. The lowest BCUT2D eigenvalue weighted by molar-refractivity contribution is 0.303. The minimum Gasteiger partial charge on any atom is -0.486 e. The third-order valence-electron chi connectivity index (χ3n) is 3.65. The highest BCUT2D eigenvalue weighted by molar-refractivity contribution is 8.16. The SMILES string of the molecule is CC(C)SC(SC(C)C)c1ccccc1OCc1nc2ccccc2s1. The number of hydrogen-bond donors (Lipinski definition) is 0. The summed E-state index contributed by atoms with van der Waals surface area (Å²) in [5.41, 5.74) is 2.32. The van der Waals surface area contributed by atoms with E-state index < -0.39 is 0 Å². The van der Waals surface area contributed by atoms with Crippen LogP contribution in [-0.4, -0.2) is 15.5 Å². The second-order valence-electron chi connectivity index (χ2n) is 6.60. The van der Waals surface area contributed by atoms with Crippen molar-refractivity contribution in [3.63, 3.8) is 0 Å². The van der Waals surface area contributed by atoms with Gasteiger partial charge in [-0.25, -0.2) is 4.98 Å². The second kappa shape index (κ2) is 9.16. The Balaban J connectivity index is 1.78. The predicted molar refractivity (Wildman–Crippen MR) is 119 cm³/mol. The Kier molecular flexibility index (Phi) is 6.90. The van der Waals surface area contributed by atoms with Crippen LogP contribution in [-0.2, 0) is 6.61 Å². The van der Waals surface area contributed by atoms with Crippen molar-refractivity contribution in [3.8, 4) is 5.75 Å². The van der Waals surface area contributed by atoms with E-state index >= 15 is 0 Å². The molecule has 3 aromatic rings. The summed E-state index contributed by atoms with van der Waals surface area (Å²) in [7, 11) is 0. The van der Waals surface area contributed by atoms with E-state index in [0.29, 0.717) is 21.7 Å². The normalized spacial score (nSPS) is 11.8. The molecule has 0 fully saturated rings. The quantitative estimate of drug-likeness (QED) is 0.372. The molecule has 138 valence electrons. The van der Waals surface area contributed by atoms with Gasteiger partial charge in [0.15, 0.2) is 0 Å². The molecule has 0 atom stereocenters. The Morgan fingerprint density at radius 1 is 0.923 bits per heavy atom. The molecule has 0 saturated carbocycles. The van der Waals surface area contributed by atoms with Crippen LogP contribution in [0.3, 0.4) is 0 Å². The minimum atomic E-state index is 0.376. The molecule has 0 aliphatic heterocycles. The van der Waals surface area contributed by atoms with Crippen molar-refractivity contribution in [2.24, 2.45) is 0 Å². The Morgan fingerprint density at radius 2 is 1.58 bits per heavy atom. The Morgan fingerprint density at radius 3 is 2.27 bits per heavy atom. The molecule has 1 heterocycles. The maximum atomic E-state index is 6.22. The van der Waals surface area contributed by atoms with Crippen molar-refractivity contribution in [1.82, 2.24) is 4.98 Å². The fourth-order valence-corrected chi connectivity index (χ4v) is 6.74. The standard InChI is InChI=1S/C21H25NOS3/c1-14(2)24-21(25-15(3)4)16-9-5-7-11-18(16)23-13-20-22-17-10-6-8-12-19(17)26-20/h5-12,14-15,21H,13H2,1-4H3. The summed E-state index contributed by atoms with van der Waals surface area (Å²) in [5.74, 6) is 0.970. The van der Waals surface area contributed by atoms with Crippen molar-refractivity contribution in [2.75, 3.05) is 0 Å². The van der Waals surface area contributed by atoms with Gasteiger partial charge in [0.25, 0.3) is 0 Å². The molecule has 0 bridgehead atoms. The number of hydrogen-bond acceptors (Lipinski definition) is 5. The summed E-state index contributed by atoms with van der Waals surface area (Å²) in [4.78, 5) is 4.68. The highest BCUT2D eigenvalue weighted by Gasteiger charge is 2.20. The van der Waals surface area contributed by atoms with Gasteiger partial charge in [0.05, 0.1) is 14.8 Å². The molecule has 2 aromatic carbocycles. The third-order valence-corrected chi connectivity index (χ3v) is 7.42. The maximum absolute atomic E-state index is 6.22. The van der Waals surface area contributed by atoms with Gasteiger partial charge in [0.2, 0.25) is 0 Å². The van der Waals surface area contributed by atoms with Crippen molar-refractivity contribution in [2.45, 2.75) is 49.4 Å². The number of thioether (sulfide) groups is 2. The number of rotatable bonds is 8. The van der Waals surface area contributed by atoms with Crippen LogP contribution in [0.2, 0.25) is 0 Å². The zero-order chi connectivity index (χ0) is 18.5. The highest BCUT2D eigenvalue weighted by Crippen LogP contribution is 2.46. The molecular weight excluding hydrogens is 378 g/mol. The predicted octanol–water partition coefficient (Wildman–Crippen LogP) is 7.16. The van der Waals surface area contributed by atoms with E-state index in [2.05, 4.69) is 69.1 Å². The van der Waals surface area contributed by atoms with Crippen LogP contribution in [0.15, 0.2) is 48.5 Å². The van der Waals surface area contributed by atoms with Crippen LogP contribution in [0.25, 0.3) is 10.2 Å². The lowest BCUT2D eigenvalue weighted by atomic mass is 10.2. The fourth-order valence-electron chi connectivity index (χ4n) is 2.60. The number of fused-ring (bicyclic) bond motifs is 1. The molecule has 1 aromatic heterocycles. The molecule has 0 spiro atoms. The topological polar surface area (TPSA) is 22.1 Å². The first-order chi connectivity index (χ1) is 12.5. The first kappa shape index (κ1) is 19.6. The van der Waals surface area contributed by atoms with Gasteiger partial charge in [0.1, 0.15) is 17.4 Å². The zero-order valence-corrected chi connectivity index (χ0v) is 18.1. The Labute approximate surface area is 168 Å². The van der Waals surface area contributed by atoms with E-state index in [0.717, 1.165) is 16.3 Å². The van der Waals surface area contributed by atoms with E-state index in [4.69, 9.17) is 4.74 Å². The van der Waals surface area contributed by atoms with Crippen LogP contribution in [0, 0.1) is 0 Å². The molecule has 0 unspecified atom stereocenters. The number of benzene rings is 2. The monoisotopic (exact) mass is 403 g/mol. The zero-order valence-electron chi connectivity index (χ0n) is 15.6. The van der Waals surface area contributed by atoms with Gasteiger partial charge in [-0.1, -0.05) is 58.0 Å². The fraction of sp³-hybridized carbons (Fsp3) is 0.381. The molecule has 0 saturated heterocycles. The van der Waals surface area contributed by atoms with Crippen molar-refractivity contribution >= 4 is 45.1 Å². The van der Waals surface area contributed by atoms with Crippen LogP contribution in [0.5, 0.6) is 5.75 Å². The molecular formula is C21H25NOS3. The van der Waals surface area contributed by atoms with Gasteiger partial charge in [-0.05, 0) is 18.2 Å². The number of ether oxygens (including phenoxy) is 1. The molecule has 26 heavy (non-hydrogen) atoms. The Bertz CT molecular complexity index is 801. The van der Waals surface area contributed by atoms with Gasteiger partial charge in [-0.2, -0.15) is 0 Å². The molecule has 0 N–H and O–H groups in total. The lowest BCUT2D eigenvalue weighted by Crippen LogP contribution is -2.03. The van der Waals surface area contributed by atoms with E-state index in [1.807, 2.05) is 35.7 Å². The molecule has 0 amide bonds. The van der Waals surface area contributed by atoms with E-state index in [-0.39, 0.29) is 0 Å². The van der Waals surface area contributed by atoms with Crippen LogP contribution in [0.4, 0.5) is 0 Å². The van der Waals surface area contributed by atoms with Gasteiger partial charge in [-0.15, -0.1) is 34.9 Å². The summed E-state index contributed by atoms with van der Waals surface area (Å²) >= 11 is 5.69. The maximum Gasteiger partial charge on any atom is 0.140 e. The van der Waals surface area contributed by atoms with E-state index in [1.165, 1.54) is 10.3 Å². The summed E-state index contributed by atoms with van der Waals surface area (Å²) in [6.07, 6.45) is 0. The summed E-state index contributed by atoms with van der Waals surface area (Å²) < 4.78 is 7.81. The van der Waals surface area contributed by atoms with Gasteiger partial charge >= 0.3 is 0 Å². The van der Waals surface area contributed by atoms with Crippen LogP contribution in [0.1, 0.15) is 42.8 Å². The van der Waals surface area contributed by atoms with Crippen molar-refractivity contribution in [3.05, 3.63) is 59.1 Å². The molecule has 0 aliphatic carbocycles. The first-order valence-corrected chi connectivity index (χ1v) is 11.6. The number of para-hydroxylation sites is 2. The van der Waals surface area contributed by atoms with Crippen molar-refractivity contribution in [1.29, 1.82) is 0 Å². The largest absolute Gasteiger partial charge is 0.486 e.